The summed E-state index contributed by atoms with van der Waals surface area (Å²) >= 11 is 0. The van der Waals surface area contributed by atoms with Gasteiger partial charge in [0.05, 0.1) is 0 Å². The third-order valence-corrected chi connectivity index (χ3v) is 4.20. The summed E-state index contributed by atoms with van der Waals surface area (Å²) in [5.74, 6) is 0.900. The number of nitrogens with zero attached hydrogens (tertiary/aromatic N) is 2. The molecule has 0 amide bonds. The quantitative estimate of drug-likeness (QED) is 0.782. The normalized spacial score (nSPS) is 30.4. The molecule has 2 saturated heterocycles. The third kappa shape index (κ3) is 3.19. The van der Waals surface area contributed by atoms with E-state index in [1.807, 2.05) is 0 Å². The number of hydrogen-bond acceptors (Lipinski definition) is 3. The summed E-state index contributed by atoms with van der Waals surface area (Å²) in [5, 5.41) is 0. The zero-order chi connectivity index (χ0) is 11.5. The van der Waals surface area contributed by atoms with Crippen LogP contribution in [0, 0.1) is 5.92 Å². The van der Waals surface area contributed by atoms with E-state index in [-0.39, 0.29) is 0 Å². The van der Waals surface area contributed by atoms with Crippen LogP contribution in [0.5, 0.6) is 0 Å². The van der Waals surface area contributed by atoms with Crippen molar-refractivity contribution in [3.05, 3.63) is 0 Å². The van der Waals surface area contributed by atoms with Crippen molar-refractivity contribution in [2.45, 2.75) is 45.2 Å². The van der Waals surface area contributed by atoms with E-state index in [2.05, 4.69) is 23.6 Å². The second-order valence-corrected chi connectivity index (χ2v) is 5.88. The molecule has 3 heteroatoms. The fourth-order valence-electron chi connectivity index (χ4n) is 2.98. The van der Waals surface area contributed by atoms with Crippen LogP contribution in [-0.4, -0.2) is 54.6 Å². The van der Waals surface area contributed by atoms with Gasteiger partial charge in [0.25, 0.3) is 0 Å². The van der Waals surface area contributed by atoms with Crippen molar-refractivity contribution in [3.8, 4) is 0 Å². The summed E-state index contributed by atoms with van der Waals surface area (Å²) in [6.45, 7) is 11.0. The Morgan fingerprint density at radius 2 is 1.81 bits per heavy atom. The zero-order valence-electron chi connectivity index (χ0n) is 10.9. The molecule has 0 aromatic heterocycles. The number of rotatable bonds is 3. The van der Waals surface area contributed by atoms with Crippen LogP contribution in [0.15, 0.2) is 0 Å². The molecule has 2 fully saturated rings. The van der Waals surface area contributed by atoms with Crippen LogP contribution in [0.3, 0.4) is 0 Å². The van der Waals surface area contributed by atoms with E-state index >= 15 is 0 Å². The SMILES string of the molecule is CC(C)N1CCC(CN2CCC(N)CC2)C1. The van der Waals surface area contributed by atoms with Gasteiger partial charge in [-0.05, 0) is 58.7 Å². The van der Waals surface area contributed by atoms with E-state index in [4.69, 9.17) is 5.73 Å². The Balaban J connectivity index is 1.71. The van der Waals surface area contributed by atoms with Crippen molar-refractivity contribution in [2.24, 2.45) is 11.7 Å². The predicted molar refractivity (Wildman–Crippen MR) is 68.5 cm³/mol. The summed E-state index contributed by atoms with van der Waals surface area (Å²) in [7, 11) is 0. The Morgan fingerprint density at radius 1 is 1.12 bits per heavy atom. The van der Waals surface area contributed by atoms with Crippen molar-refractivity contribution in [1.82, 2.24) is 9.80 Å². The first-order valence-corrected chi connectivity index (χ1v) is 6.87. The summed E-state index contributed by atoms with van der Waals surface area (Å²) in [5.41, 5.74) is 5.93. The summed E-state index contributed by atoms with van der Waals surface area (Å²) in [4.78, 5) is 5.23. The highest BCUT2D eigenvalue weighted by atomic mass is 15.2. The van der Waals surface area contributed by atoms with Crippen LogP contribution < -0.4 is 5.73 Å². The Labute approximate surface area is 100.0 Å². The monoisotopic (exact) mass is 225 g/mol. The second kappa shape index (κ2) is 5.48. The van der Waals surface area contributed by atoms with Gasteiger partial charge < -0.3 is 15.5 Å². The van der Waals surface area contributed by atoms with Gasteiger partial charge >= 0.3 is 0 Å². The van der Waals surface area contributed by atoms with Gasteiger partial charge in [-0.3, -0.25) is 0 Å². The maximum absolute atomic E-state index is 5.93. The maximum atomic E-state index is 5.93. The predicted octanol–water partition coefficient (Wildman–Crippen LogP) is 1.14. The fraction of sp³-hybridized carbons (Fsp3) is 1.00. The van der Waals surface area contributed by atoms with Gasteiger partial charge in [-0.1, -0.05) is 0 Å². The average Bonchev–Trinajstić information content (AvgIpc) is 2.70. The molecule has 0 spiro atoms. The lowest BCUT2D eigenvalue weighted by atomic mass is 10.0. The average molecular weight is 225 g/mol. The molecule has 0 aromatic carbocycles. The molecule has 2 heterocycles. The molecule has 2 aliphatic rings. The van der Waals surface area contributed by atoms with Crippen molar-refractivity contribution in [2.75, 3.05) is 32.7 Å². The molecule has 0 aliphatic carbocycles. The van der Waals surface area contributed by atoms with Gasteiger partial charge in [-0.25, -0.2) is 0 Å². The lowest BCUT2D eigenvalue weighted by Gasteiger charge is -2.32. The maximum Gasteiger partial charge on any atom is 0.00631 e. The smallest absolute Gasteiger partial charge is 0.00631 e. The molecule has 2 aliphatic heterocycles. The molecule has 0 radical (unpaired) electrons. The first kappa shape index (κ1) is 12.3. The molecular formula is C13H27N3. The highest BCUT2D eigenvalue weighted by molar-refractivity contribution is 4.82. The molecule has 0 saturated carbocycles. The van der Waals surface area contributed by atoms with Crippen molar-refractivity contribution >= 4 is 0 Å². The fourth-order valence-corrected chi connectivity index (χ4v) is 2.98. The van der Waals surface area contributed by atoms with E-state index in [1.54, 1.807) is 0 Å². The first-order chi connectivity index (χ1) is 7.65. The Bertz CT molecular complexity index is 209. The molecule has 0 aromatic rings. The van der Waals surface area contributed by atoms with E-state index < -0.39 is 0 Å². The Kier molecular flexibility index (Phi) is 4.22. The number of nitrogens with two attached hydrogens (primary N) is 1. The number of likely N-dealkylation sites (tertiary alicyclic amines) is 2. The van der Waals surface area contributed by atoms with Crippen molar-refractivity contribution in [3.63, 3.8) is 0 Å². The molecule has 2 N–H and O–H groups in total. The summed E-state index contributed by atoms with van der Waals surface area (Å²) < 4.78 is 0. The molecule has 1 atom stereocenters. The first-order valence-electron chi connectivity index (χ1n) is 6.87. The summed E-state index contributed by atoms with van der Waals surface area (Å²) in [6.07, 6.45) is 3.78. The molecule has 0 bridgehead atoms. The van der Waals surface area contributed by atoms with Crippen molar-refractivity contribution < 1.29 is 0 Å². The van der Waals surface area contributed by atoms with Crippen molar-refractivity contribution in [1.29, 1.82) is 0 Å². The Morgan fingerprint density at radius 3 is 2.38 bits per heavy atom. The zero-order valence-corrected chi connectivity index (χ0v) is 10.9. The largest absolute Gasteiger partial charge is 0.328 e. The molecular weight excluding hydrogens is 198 g/mol. The topological polar surface area (TPSA) is 32.5 Å². The van der Waals surface area contributed by atoms with E-state index in [1.165, 1.54) is 52.0 Å². The number of hydrogen-bond donors (Lipinski definition) is 1. The minimum atomic E-state index is 0.465. The second-order valence-electron chi connectivity index (χ2n) is 5.88. The minimum Gasteiger partial charge on any atom is -0.328 e. The van der Waals surface area contributed by atoms with Gasteiger partial charge in [0, 0.05) is 25.2 Å². The van der Waals surface area contributed by atoms with Crippen LogP contribution in [0.25, 0.3) is 0 Å². The lowest BCUT2D eigenvalue weighted by Crippen LogP contribution is -2.42. The van der Waals surface area contributed by atoms with Crippen LogP contribution in [0.1, 0.15) is 33.1 Å². The summed E-state index contributed by atoms with van der Waals surface area (Å²) in [6, 6.07) is 1.19. The van der Waals surface area contributed by atoms with Gasteiger partial charge in [-0.2, -0.15) is 0 Å². The van der Waals surface area contributed by atoms with Gasteiger partial charge in [0.2, 0.25) is 0 Å². The lowest BCUT2D eigenvalue weighted by molar-refractivity contribution is 0.178. The highest BCUT2D eigenvalue weighted by Crippen LogP contribution is 2.21. The van der Waals surface area contributed by atoms with Gasteiger partial charge in [-0.15, -0.1) is 0 Å². The molecule has 3 nitrogen and oxygen atoms in total. The highest BCUT2D eigenvalue weighted by Gasteiger charge is 2.26. The molecule has 94 valence electrons. The van der Waals surface area contributed by atoms with Crippen LogP contribution in [0.4, 0.5) is 0 Å². The minimum absolute atomic E-state index is 0.465. The van der Waals surface area contributed by atoms with Gasteiger partial charge in [0.1, 0.15) is 0 Å². The van der Waals surface area contributed by atoms with E-state index in [0.29, 0.717) is 6.04 Å². The standard InChI is InChI=1S/C13H27N3/c1-11(2)16-8-3-12(10-16)9-15-6-4-13(14)5-7-15/h11-13H,3-10,14H2,1-2H3. The Hall–Kier alpha value is -0.120. The van der Waals surface area contributed by atoms with Crippen LogP contribution in [-0.2, 0) is 0 Å². The van der Waals surface area contributed by atoms with Crippen LogP contribution in [0.2, 0.25) is 0 Å². The third-order valence-electron chi connectivity index (χ3n) is 4.20. The van der Waals surface area contributed by atoms with E-state index in [0.717, 1.165) is 12.0 Å². The van der Waals surface area contributed by atoms with E-state index in [9.17, 15) is 0 Å². The molecule has 1 unspecified atom stereocenters. The molecule has 16 heavy (non-hydrogen) atoms. The van der Waals surface area contributed by atoms with Gasteiger partial charge in [0.15, 0.2) is 0 Å². The van der Waals surface area contributed by atoms with Crippen LogP contribution >= 0.6 is 0 Å². The number of piperidine rings is 1. The molecule has 2 rings (SSSR count).